The van der Waals surface area contributed by atoms with Gasteiger partial charge in [-0.25, -0.2) is 0 Å². The van der Waals surface area contributed by atoms with E-state index in [0.717, 1.165) is 14.9 Å². The molecular weight excluding hydrogens is 569 g/mol. The van der Waals surface area contributed by atoms with E-state index in [9.17, 15) is 4.79 Å². The Balaban J connectivity index is 1.71. The van der Waals surface area contributed by atoms with Gasteiger partial charge >= 0.3 is 0 Å². The van der Waals surface area contributed by atoms with Crippen molar-refractivity contribution < 1.29 is 19.0 Å². The van der Waals surface area contributed by atoms with Crippen molar-refractivity contribution in [1.82, 2.24) is 4.90 Å². The minimum atomic E-state index is -0.110. The first-order valence-electron chi connectivity index (χ1n) is 10.5. The number of carbonyl (C=O) groups is 1. The topological polar surface area (TPSA) is 48.0 Å². The number of rotatable bonds is 10. The van der Waals surface area contributed by atoms with Gasteiger partial charge in [-0.2, -0.15) is 0 Å². The number of halogens is 1. The molecule has 0 aliphatic carbocycles. The number of carbonyl (C=O) groups excluding carboxylic acids is 1. The molecule has 8 heteroatoms. The standard InChI is InChI=1S/C25H26INO4S2/c1-5-9-27-24(28)22(33-25(27)32)15-18-13-20(26)23(21(14-18)29-6-2)31-11-10-30-19-8-7-16(3)17(4)12-19/h5,7-8,12-15H,1,6,9-11H2,2-4H3. The highest BCUT2D eigenvalue weighted by molar-refractivity contribution is 14.1. The quantitative estimate of drug-likeness (QED) is 0.108. The maximum absolute atomic E-state index is 12.6. The second kappa shape index (κ2) is 11.9. The third kappa shape index (κ3) is 6.51. The van der Waals surface area contributed by atoms with Crippen LogP contribution in [0.25, 0.3) is 6.08 Å². The molecule has 1 aliphatic heterocycles. The minimum absolute atomic E-state index is 0.110. The molecule has 1 saturated heterocycles. The van der Waals surface area contributed by atoms with Gasteiger partial charge < -0.3 is 14.2 Å². The van der Waals surface area contributed by atoms with Gasteiger partial charge in [-0.05, 0) is 90.4 Å². The van der Waals surface area contributed by atoms with Crippen molar-refractivity contribution >= 4 is 62.9 Å². The van der Waals surface area contributed by atoms with Crippen LogP contribution in [0.1, 0.15) is 23.6 Å². The molecule has 0 spiro atoms. The maximum Gasteiger partial charge on any atom is 0.266 e. The Bertz CT molecular complexity index is 1100. The number of hydrogen-bond donors (Lipinski definition) is 0. The molecule has 2 aromatic rings. The van der Waals surface area contributed by atoms with Gasteiger partial charge in [0.25, 0.3) is 5.91 Å². The van der Waals surface area contributed by atoms with E-state index in [1.54, 1.807) is 11.0 Å². The van der Waals surface area contributed by atoms with E-state index in [2.05, 4.69) is 43.0 Å². The summed E-state index contributed by atoms with van der Waals surface area (Å²) in [5, 5.41) is 0. The van der Waals surface area contributed by atoms with Crippen LogP contribution in [-0.4, -0.2) is 41.5 Å². The summed E-state index contributed by atoms with van der Waals surface area (Å²) in [6.45, 7) is 11.4. The summed E-state index contributed by atoms with van der Waals surface area (Å²) in [6, 6.07) is 9.88. The highest BCUT2D eigenvalue weighted by Crippen LogP contribution is 2.37. The van der Waals surface area contributed by atoms with Crippen molar-refractivity contribution in [3.8, 4) is 17.2 Å². The monoisotopic (exact) mass is 595 g/mol. The third-order valence-corrected chi connectivity index (χ3v) is 7.07. The fourth-order valence-corrected chi connectivity index (χ4v) is 5.18. The van der Waals surface area contributed by atoms with E-state index in [1.165, 1.54) is 22.9 Å². The average molecular weight is 596 g/mol. The summed E-state index contributed by atoms with van der Waals surface area (Å²) >= 11 is 8.83. The van der Waals surface area contributed by atoms with Gasteiger partial charge in [0.2, 0.25) is 0 Å². The average Bonchev–Trinajstić information content (AvgIpc) is 3.03. The summed E-state index contributed by atoms with van der Waals surface area (Å²) in [4.78, 5) is 14.8. The fraction of sp³-hybridized carbons (Fsp3) is 0.280. The second-order valence-corrected chi connectivity index (χ2v) is 10.1. The largest absolute Gasteiger partial charge is 0.490 e. The third-order valence-electron chi connectivity index (χ3n) is 4.89. The van der Waals surface area contributed by atoms with Gasteiger partial charge in [0.05, 0.1) is 15.1 Å². The molecular formula is C25H26INO4S2. The molecule has 0 saturated carbocycles. The van der Waals surface area contributed by atoms with E-state index in [-0.39, 0.29) is 5.91 Å². The zero-order valence-electron chi connectivity index (χ0n) is 18.9. The van der Waals surface area contributed by atoms with Crippen LogP contribution < -0.4 is 14.2 Å². The number of hydrogen-bond acceptors (Lipinski definition) is 6. The Labute approximate surface area is 218 Å². The van der Waals surface area contributed by atoms with Crippen molar-refractivity contribution in [2.24, 2.45) is 0 Å². The first-order chi connectivity index (χ1) is 15.8. The predicted octanol–water partition coefficient (Wildman–Crippen LogP) is 6.15. The van der Waals surface area contributed by atoms with Crippen LogP contribution >= 0.6 is 46.6 Å². The predicted molar refractivity (Wildman–Crippen MR) is 147 cm³/mol. The molecule has 2 aromatic carbocycles. The van der Waals surface area contributed by atoms with Crippen LogP contribution in [0.3, 0.4) is 0 Å². The normalized spacial score (nSPS) is 14.7. The highest BCUT2D eigenvalue weighted by Gasteiger charge is 2.31. The molecule has 5 nitrogen and oxygen atoms in total. The molecule has 0 bridgehead atoms. The molecule has 174 valence electrons. The maximum atomic E-state index is 12.6. The van der Waals surface area contributed by atoms with Crippen molar-refractivity contribution in [3.63, 3.8) is 0 Å². The Kier molecular flexibility index (Phi) is 9.22. The Hall–Kier alpha value is -2.04. The number of benzene rings is 2. The van der Waals surface area contributed by atoms with Gasteiger partial charge in [-0.15, -0.1) is 6.58 Å². The van der Waals surface area contributed by atoms with E-state index in [4.69, 9.17) is 26.4 Å². The molecule has 1 amide bonds. The lowest BCUT2D eigenvalue weighted by atomic mass is 10.1. The molecule has 1 fully saturated rings. The minimum Gasteiger partial charge on any atom is -0.490 e. The molecule has 0 radical (unpaired) electrons. The first kappa shape index (κ1) is 25.6. The first-order valence-corrected chi connectivity index (χ1v) is 12.8. The van der Waals surface area contributed by atoms with Crippen LogP contribution in [0, 0.1) is 17.4 Å². The molecule has 0 unspecified atom stereocenters. The molecule has 0 aromatic heterocycles. The van der Waals surface area contributed by atoms with E-state index in [0.29, 0.717) is 47.1 Å². The van der Waals surface area contributed by atoms with Crippen LogP contribution in [0.2, 0.25) is 0 Å². The van der Waals surface area contributed by atoms with Crippen molar-refractivity contribution in [2.45, 2.75) is 20.8 Å². The Morgan fingerprint density at radius 1 is 1.12 bits per heavy atom. The Morgan fingerprint density at radius 3 is 2.58 bits per heavy atom. The lowest BCUT2D eigenvalue weighted by molar-refractivity contribution is -0.121. The van der Waals surface area contributed by atoms with Crippen molar-refractivity contribution in [2.75, 3.05) is 26.4 Å². The number of ether oxygens (including phenoxy) is 3. The van der Waals surface area contributed by atoms with Crippen LogP contribution in [-0.2, 0) is 4.79 Å². The smallest absolute Gasteiger partial charge is 0.266 e. The summed E-state index contributed by atoms with van der Waals surface area (Å²) < 4.78 is 19.1. The fourth-order valence-electron chi connectivity index (χ4n) is 3.12. The molecule has 33 heavy (non-hydrogen) atoms. The number of thiocarbonyl (C=S) groups is 1. The second-order valence-electron chi connectivity index (χ2n) is 7.29. The number of amides is 1. The van der Waals surface area contributed by atoms with Crippen LogP contribution in [0.5, 0.6) is 17.2 Å². The molecule has 0 atom stereocenters. The van der Waals surface area contributed by atoms with Gasteiger partial charge in [0, 0.05) is 6.54 Å². The number of thioether (sulfide) groups is 1. The van der Waals surface area contributed by atoms with Crippen molar-refractivity contribution in [3.05, 3.63) is 68.2 Å². The van der Waals surface area contributed by atoms with Gasteiger partial charge in [-0.1, -0.05) is 36.1 Å². The van der Waals surface area contributed by atoms with Crippen molar-refractivity contribution in [1.29, 1.82) is 0 Å². The number of nitrogens with zero attached hydrogens (tertiary/aromatic N) is 1. The number of aryl methyl sites for hydroxylation is 2. The summed E-state index contributed by atoms with van der Waals surface area (Å²) in [7, 11) is 0. The summed E-state index contributed by atoms with van der Waals surface area (Å²) in [6.07, 6.45) is 3.50. The van der Waals surface area contributed by atoms with Crippen LogP contribution in [0.15, 0.2) is 47.9 Å². The van der Waals surface area contributed by atoms with E-state index >= 15 is 0 Å². The summed E-state index contributed by atoms with van der Waals surface area (Å²) in [5.41, 5.74) is 3.27. The van der Waals surface area contributed by atoms with E-state index in [1.807, 2.05) is 43.3 Å². The SMILES string of the molecule is C=CCN1C(=O)C(=Cc2cc(I)c(OCCOc3ccc(C)c(C)c3)c(OCC)c2)SC1=S. The van der Waals surface area contributed by atoms with Gasteiger partial charge in [0.1, 0.15) is 23.3 Å². The zero-order valence-corrected chi connectivity index (χ0v) is 22.6. The zero-order chi connectivity index (χ0) is 24.0. The van der Waals surface area contributed by atoms with Gasteiger partial charge in [-0.3, -0.25) is 9.69 Å². The lowest BCUT2D eigenvalue weighted by Gasteiger charge is -2.15. The molecule has 1 heterocycles. The van der Waals surface area contributed by atoms with Gasteiger partial charge in [0.15, 0.2) is 11.5 Å². The lowest BCUT2D eigenvalue weighted by Crippen LogP contribution is -2.27. The molecule has 1 aliphatic rings. The molecule has 3 rings (SSSR count). The summed E-state index contributed by atoms with van der Waals surface area (Å²) in [5.74, 6) is 2.01. The van der Waals surface area contributed by atoms with E-state index < -0.39 is 0 Å². The molecule has 0 N–H and O–H groups in total. The Morgan fingerprint density at radius 2 is 1.88 bits per heavy atom. The van der Waals surface area contributed by atoms with Crippen LogP contribution in [0.4, 0.5) is 0 Å². The highest BCUT2D eigenvalue weighted by atomic mass is 127.